The van der Waals surface area contributed by atoms with E-state index in [1.54, 1.807) is 24.3 Å². The third-order valence-corrected chi connectivity index (χ3v) is 3.18. The number of benzene rings is 1. The Morgan fingerprint density at radius 2 is 1.91 bits per heavy atom. The van der Waals surface area contributed by atoms with Crippen molar-refractivity contribution in [2.24, 2.45) is 0 Å². The molecule has 22 heavy (non-hydrogen) atoms. The van der Waals surface area contributed by atoms with Crippen LogP contribution in [0.1, 0.15) is 5.89 Å². The fraction of sp³-hybridized carbons (Fsp3) is 0.133. The Balaban J connectivity index is 1.59. The predicted octanol–water partition coefficient (Wildman–Crippen LogP) is 3.58. The average Bonchev–Trinajstić information content (AvgIpc) is 2.97. The summed E-state index contributed by atoms with van der Waals surface area (Å²) in [7, 11) is 0. The highest BCUT2D eigenvalue weighted by Crippen LogP contribution is 2.18. The van der Waals surface area contributed by atoms with Crippen LogP contribution in [0.25, 0.3) is 11.4 Å². The maximum atomic E-state index is 12.9. The normalized spacial score (nSPS) is 10.6. The summed E-state index contributed by atoms with van der Waals surface area (Å²) in [4.78, 5) is 8.01. The zero-order chi connectivity index (χ0) is 15.4. The second-order valence-electron chi connectivity index (χ2n) is 4.54. The predicted molar refractivity (Wildman–Crippen MR) is 81.1 cm³/mol. The van der Waals surface area contributed by atoms with Crippen molar-refractivity contribution >= 4 is 17.4 Å². The minimum Gasteiger partial charge on any atom is -0.369 e. The molecule has 0 aliphatic carbocycles. The topological polar surface area (TPSA) is 63.8 Å². The molecule has 3 rings (SSSR count). The minimum atomic E-state index is -0.521. The first-order valence-corrected chi connectivity index (χ1v) is 7.03. The standard InChI is InChI=1S/C15H12ClFN4O/c16-11-6-4-10(5-7-11)15-20-14(22-21-15)8-9-18-13-3-1-2-12(17)19-13/h1-7H,8-9H2,(H,18,19). The zero-order valence-corrected chi connectivity index (χ0v) is 12.2. The van der Waals surface area contributed by atoms with Crippen molar-refractivity contribution in [3.05, 3.63) is 59.3 Å². The third-order valence-electron chi connectivity index (χ3n) is 2.93. The molecule has 0 bridgehead atoms. The molecule has 0 saturated heterocycles. The first kappa shape index (κ1) is 14.5. The molecule has 0 fully saturated rings. The van der Waals surface area contributed by atoms with Gasteiger partial charge in [0.15, 0.2) is 0 Å². The molecule has 5 nitrogen and oxygen atoms in total. The number of hydrogen-bond donors (Lipinski definition) is 1. The van der Waals surface area contributed by atoms with Crippen molar-refractivity contribution in [3.8, 4) is 11.4 Å². The Kier molecular flexibility index (Phi) is 4.29. The van der Waals surface area contributed by atoms with Crippen LogP contribution in [0.4, 0.5) is 10.2 Å². The minimum absolute atomic E-state index is 0.470. The summed E-state index contributed by atoms with van der Waals surface area (Å²) in [6, 6.07) is 11.8. The SMILES string of the molecule is Fc1cccc(NCCc2nc(-c3ccc(Cl)cc3)no2)n1. The molecule has 7 heteroatoms. The van der Waals surface area contributed by atoms with Gasteiger partial charge in [-0.1, -0.05) is 22.8 Å². The van der Waals surface area contributed by atoms with E-state index in [4.69, 9.17) is 16.1 Å². The summed E-state index contributed by atoms with van der Waals surface area (Å²) in [5, 5.41) is 7.57. The number of halogens is 2. The zero-order valence-electron chi connectivity index (χ0n) is 11.5. The van der Waals surface area contributed by atoms with Gasteiger partial charge in [-0.3, -0.25) is 0 Å². The number of pyridine rings is 1. The van der Waals surface area contributed by atoms with E-state index < -0.39 is 5.95 Å². The summed E-state index contributed by atoms with van der Waals surface area (Å²) in [5.74, 6) is 0.953. The Morgan fingerprint density at radius 3 is 2.68 bits per heavy atom. The van der Waals surface area contributed by atoms with Crippen molar-refractivity contribution in [1.29, 1.82) is 0 Å². The quantitative estimate of drug-likeness (QED) is 0.728. The van der Waals surface area contributed by atoms with Crippen LogP contribution in [0.2, 0.25) is 5.02 Å². The summed E-state index contributed by atoms with van der Waals surface area (Å²) >= 11 is 5.84. The second kappa shape index (κ2) is 6.53. The van der Waals surface area contributed by atoms with Crippen LogP contribution >= 0.6 is 11.6 Å². The maximum absolute atomic E-state index is 12.9. The smallest absolute Gasteiger partial charge is 0.228 e. The molecule has 1 N–H and O–H groups in total. The highest BCUT2D eigenvalue weighted by Gasteiger charge is 2.08. The van der Waals surface area contributed by atoms with E-state index in [0.717, 1.165) is 5.56 Å². The molecule has 0 unspecified atom stereocenters. The van der Waals surface area contributed by atoms with Gasteiger partial charge in [0.05, 0.1) is 0 Å². The van der Waals surface area contributed by atoms with Crippen molar-refractivity contribution < 1.29 is 8.91 Å². The Labute approximate surface area is 131 Å². The molecule has 0 aliphatic rings. The summed E-state index contributed by atoms with van der Waals surface area (Å²) < 4.78 is 18.1. The maximum Gasteiger partial charge on any atom is 0.228 e. The third kappa shape index (κ3) is 3.59. The first-order chi connectivity index (χ1) is 10.7. The highest BCUT2D eigenvalue weighted by molar-refractivity contribution is 6.30. The number of anilines is 1. The Bertz CT molecular complexity index is 760. The number of nitrogens with one attached hydrogen (secondary N) is 1. The van der Waals surface area contributed by atoms with E-state index in [2.05, 4.69) is 20.4 Å². The van der Waals surface area contributed by atoms with Crippen molar-refractivity contribution in [1.82, 2.24) is 15.1 Å². The number of nitrogens with zero attached hydrogens (tertiary/aromatic N) is 3. The average molecular weight is 319 g/mol. The largest absolute Gasteiger partial charge is 0.369 e. The first-order valence-electron chi connectivity index (χ1n) is 6.66. The molecule has 112 valence electrons. The monoisotopic (exact) mass is 318 g/mol. The lowest BCUT2D eigenvalue weighted by Crippen LogP contribution is -2.06. The van der Waals surface area contributed by atoms with Gasteiger partial charge >= 0.3 is 0 Å². The van der Waals surface area contributed by atoms with Crippen LogP contribution < -0.4 is 5.32 Å². The highest BCUT2D eigenvalue weighted by atomic mass is 35.5. The number of hydrogen-bond acceptors (Lipinski definition) is 5. The van der Waals surface area contributed by atoms with Crippen LogP contribution in [0.15, 0.2) is 47.0 Å². The Hall–Kier alpha value is -2.47. The molecular formula is C15H12ClFN4O. The van der Waals surface area contributed by atoms with Gasteiger partial charge in [-0.2, -0.15) is 9.37 Å². The molecule has 0 spiro atoms. The van der Waals surface area contributed by atoms with Gasteiger partial charge in [-0.05, 0) is 36.4 Å². The van der Waals surface area contributed by atoms with E-state index in [1.165, 1.54) is 6.07 Å². The Morgan fingerprint density at radius 1 is 1.09 bits per heavy atom. The summed E-state index contributed by atoms with van der Waals surface area (Å²) in [6.07, 6.45) is 0.513. The lowest BCUT2D eigenvalue weighted by atomic mass is 10.2. The summed E-state index contributed by atoms with van der Waals surface area (Å²) in [5.41, 5.74) is 0.833. The second-order valence-corrected chi connectivity index (χ2v) is 4.98. The lowest BCUT2D eigenvalue weighted by Gasteiger charge is -2.02. The van der Waals surface area contributed by atoms with Crippen molar-refractivity contribution in [2.75, 3.05) is 11.9 Å². The van der Waals surface area contributed by atoms with Crippen molar-refractivity contribution in [2.45, 2.75) is 6.42 Å². The van der Waals surface area contributed by atoms with Gasteiger partial charge in [0, 0.05) is 23.6 Å². The molecular weight excluding hydrogens is 307 g/mol. The van der Waals surface area contributed by atoms with E-state index in [-0.39, 0.29) is 0 Å². The number of aromatic nitrogens is 3. The molecule has 0 atom stereocenters. The van der Waals surface area contributed by atoms with Crippen LogP contribution in [0, 0.1) is 5.95 Å². The molecule has 2 aromatic heterocycles. The fourth-order valence-corrected chi connectivity index (χ4v) is 2.00. The van der Waals surface area contributed by atoms with Gasteiger partial charge < -0.3 is 9.84 Å². The lowest BCUT2D eigenvalue weighted by molar-refractivity contribution is 0.381. The van der Waals surface area contributed by atoms with Crippen LogP contribution in [-0.2, 0) is 6.42 Å². The molecule has 0 aliphatic heterocycles. The van der Waals surface area contributed by atoms with Crippen LogP contribution in [0.3, 0.4) is 0 Å². The van der Waals surface area contributed by atoms with Gasteiger partial charge in [-0.15, -0.1) is 0 Å². The van der Waals surface area contributed by atoms with Crippen LogP contribution in [-0.4, -0.2) is 21.7 Å². The molecule has 1 aromatic carbocycles. The molecule has 0 amide bonds. The van der Waals surface area contributed by atoms with Gasteiger partial charge in [0.25, 0.3) is 0 Å². The van der Waals surface area contributed by atoms with E-state index in [0.29, 0.717) is 35.5 Å². The van der Waals surface area contributed by atoms with E-state index in [1.807, 2.05) is 12.1 Å². The van der Waals surface area contributed by atoms with Gasteiger partial charge in [-0.25, -0.2) is 4.98 Å². The van der Waals surface area contributed by atoms with Crippen molar-refractivity contribution in [3.63, 3.8) is 0 Å². The number of rotatable bonds is 5. The fourth-order valence-electron chi connectivity index (χ4n) is 1.88. The molecule has 2 heterocycles. The summed E-state index contributed by atoms with van der Waals surface area (Å²) in [6.45, 7) is 0.513. The van der Waals surface area contributed by atoms with E-state index >= 15 is 0 Å². The molecule has 3 aromatic rings. The molecule has 0 radical (unpaired) electrons. The van der Waals surface area contributed by atoms with E-state index in [9.17, 15) is 4.39 Å². The van der Waals surface area contributed by atoms with Gasteiger partial charge in [0.1, 0.15) is 5.82 Å². The van der Waals surface area contributed by atoms with Gasteiger partial charge in [0.2, 0.25) is 17.7 Å². The molecule has 0 saturated carbocycles. The van der Waals surface area contributed by atoms with Crippen LogP contribution in [0.5, 0.6) is 0 Å².